The molecule has 0 bridgehead atoms. The zero-order valence-corrected chi connectivity index (χ0v) is 11.5. The highest BCUT2D eigenvalue weighted by molar-refractivity contribution is 6.42. The third-order valence-electron chi connectivity index (χ3n) is 3.13. The maximum Gasteiger partial charge on any atom is 0.0595 e. The van der Waals surface area contributed by atoms with E-state index < -0.39 is 0 Å². The molecule has 1 aromatic rings. The zero-order valence-electron chi connectivity index (χ0n) is 9.97. The number of nitrogens with one attached hydrogen (secondary N) is 1. The average Bonchev–Trinajstić information content (AvgIpc) is 2.83. The van der Waals surface area contributed by atoms with E-state index in [9.17, 15) is 0 Å². The summed E-state index contributed by atoms with van der Waals surface area (Å²) in [7, 11) is 0. The van der Waals surface area contributed by atoms with Gasteiger partial charge in [-0.25, -0.2) is 0 Å². The Bertz CT molecular complexity index is 426. The van der Waals surface area contributed by atoms with E-state index in [0.29, 0.717) is 10.0 Å². The van der Waals surface area contributed by atoms with Crippen molar-refractivity contribution in [1.82, 2.24) is 5.32 Å². The lowest BCUT2D eigenvalue weighted by Gasteiger charge is -2.20. The van der Waals surface area contributed by atoms with E-state index in [4.69, 9.17) is 23.2 Å². The van der Waals surface area contributed by atoms with Gasteiger partial charge >= 0.3 is 0 Å². The van der Waals surface area contributed by atoms with Gasteiger partial charge in [0.15, 0.2) is 0 Å². The SMILES string of the molecule is CCNC(C1=CCCC1)c1ccc(Cl)c(Cl)c1. The molecule has 0 saturated heterocycles. The minimum absolute atomic E-state index is 0.289. The fraction of sp³-hybridized carbons (Fsp3) is 0.429. The van der Waals surface area contributed by atoms with E-state index in [-0.39, 0.29) is 6.04 Å². The Morgan fingerprint density at radius 2 is 2.12 bits per heavy atom. The molecule has 92 valence electrons. The standard InChI is InChI=1S/C14H17Cl2N/c1-2-17-14(10-5-3-4-6-10)11-7-8-12(15)13(16)9-11/h5,7-9,14,17H,2-4,6H2,1H3. The lowest BCUT2D eigenvalue weighted by molar-refractivity contribution is 0.605. The molecule has 1 atom stereocenters. The summed E-state index contributed by atoms with van der Waals surface area (Å²) in [6, 6.07) is 6.19. The molecule has 0 aliphatic heterocycles. The maximum atomic E-state index is 6.09. The predicted octanol–water partition coefficient (Wildman–Crippen LogP) is 4.75. The summed E-state index contributed by atoms with van der Waals surface area (Å²) in [5.74, 6) is 0. The van der Waals surface area contributed by atoms with Gasteiger partial charge in [-0.1, -0.05) is 47.8 Å². The molecular weight excluding hydrogens is 253 g/mol. The molecule has 1 aliphatic carbocycles. The zero-order chi connectivity index (χ0) is 12.3. The van der Waals surface area contributed by atoms with Crippen LogP contribution in [-0.2, 0) is 0 Å². The van der Waals surface area contributed by atoms with Crippen LogP contribution in [0.5, 0.6) is 0 Å². The highest BCUT2D eigenvalue weighted by atomic mass is 35.5. The molecule has 1 N–H and O–H groups in total. The van der Waals surface area contributed by atoms with Crippen LogP contribution in [0.1, 0.15) is 37.8 Å². The summed E-state index contributed by atoms with van der Waals surface area (Å²) in [4.78, 5) is 0. The Morgan fingerprint density at radius 1 is 1.29 bits per heavy atom. The topological polar surface area (TPSA) is 12.0 Å². The van der Waals surface area contributed by atoms with Crippen LogP contribution >= 0.6 is 23.2 Å². The van der Waals surface area contributed by atoms with Crippen molar-refractivity contribution in [3.05, 3.63) is 45.5 Å². The Morgan fingerprint density at radius 3 is 2.71 bits per heavy atom. The van der Waals surface area contributed by atoms with Gasteiger partial charge in [0.05, 0.1) is 16.1 Å². The first kappa shape index (κ1) is 12.9. The van der Waals surface area contributed by atoms with Gasteiger partial charge in [0.25, 0.3) is 0 Å². The number of hydrogen-bond acceptors (Lipinski definition) is 1. The van der Waals surface area contributed by atoms with Gasteiger partial charge in [-0.15, -0.1) is 0 Å². The van der Waals surface area contributed by atoms with E-state index in [0.717, 1.165) is 6.54 Å². The molecule has 2 rings (SSSR count). The summed E-state index contributed by atoms with van der Waals surface area (Å²) in [6.07, 6.45) is 5.98. The lowest BCUT2D eigenvalue weighted by atomic mass is 9.98. The van der Waals surface area contributed by atoms with E-state index in [2.05, 4.69) is 24.4 Å². The average molecular weight is 270 g/mol. The van der Waals surface area contributed by atoms with E-state index in [1.807, 2.05) is 12.1 Å². The molecule has 0 heterocycles. The Balaban J connectivity index is 2.28. The molecular formula is C14H17Cl2N. The van der Waals surface area contributed by atoms with Crippen molar-refractivity contribution in [1.29, 1.82) is 0 Å². The van der Waals surface area contributed by atoms with Crippen molar-refractivity contribution >= 4 is 23.2 Å². The normalized spacial score (nSPS) is 17.0. The van der Waals surface area contributed by atoms with Gasteiger partial charge < -0.3 is 5.32 Å². The van der Waals surface area contributed by atoms with Gasteiger partial charge in [0.1, 0.15) is 0 Å². The Labute approximate surface area is 113 Å². The van der Waals surface area contributed by atoms with Crippen LogP contribution < -0.4 is 5.32 Å². The van der Waals surface area contributed by atoms with Crippen LogP contribution in [0.4, 0.5) is 0 Å². The van der Waals surface area contributed by atoms with Gasteiger partial charge in [-0.05, 0) is 43.5 Å². The quantitative estimate of drug-likeness (QED) is 0.778. The summed E-state index contributed by atoms with van der Waals surface area (Å²) in [6.45, 7) is 3.07. The van der Waals surface area contributed by atoms with Crippen molar-refractivity contribution in [2.75, 3.05) is 6.54 Å². The van der Waals surface area contributed by atoms with Gasteiger partial charge in [-0.2, -0.15) is 0 Å². The first-order valence-corrected chi connectivity index (χ1v) is 6.85. The molecule has 0 saturated carbocycles. The Kier molecular flexibility index (Phi) is 4.49. The molecule has 0 aromatic heterocycles. The summed E-state index contributed by atoms with van der Waals surface area (Å²) < 4.78 is 0. The molecule has 1 aromatic carbocycles. The fourth-order valence-electron chi connectivity index (χ4n) is 2.32. The van der Waals surface area contributed by atoms with Crippen LogP contribution in [0.2, 0.25) is 10.0 Å². The molecule has 17 heavy (non-hydrogen) atoms. The number of likely N-dealkylation sites (N-methyl/N-ethyl adjacent to an activating group) is 1. The highest BCUT2D eigenvalue weighted by Gasteiger charge is 2.18. The second kappa shape index (κ2) is 5.90. The van der Waals surface area contributed by atoms with Crippen LogP contribution in [0.15, 0.2) is 29.8 Å². The van der Waals surface area contributed by atoms with E-state index >= 15 is 0 Å². The van der Waals surface area contributed by atoms with Gasteiger partial charge in [0, 0.05) is 0 Å². The second-order valence-electron chi connectivity index (χ2n) is 4.34. The minimum Gasteiger partial charge on any atom is -0.307 e. The second-order valence-corrected chi connectivity index (χ2v) is 5.15. The van der Waals surface area contributed by atoms with E-state index in [1.165, 1.54) is 30.4 Å². The molecule has 0 spiro atoms. The van der Waals surface area contributed by atoms with Crippen molar-refractivity contribution in [2.24, 2.45) is 0 Å². The molecule has 0 fully saturated rings. The first-order valence-electron chi connectivity index (χ1n) is 6.09. The summed E-state index contributed by atoms with van der Waals surface area (Å²) in [5, 5.41) is 4.76. The fourth-order valence-corrected chi connectivity index (χ4v) is 2.62. The molecule has 0 amide bonds. The van der Waals surface area contributed by atoms with Crippen LogP contribution in [0.3, 0.4) is 0 Å². The van der Waals surface area contributed by atoms with Crippen molar-refractivity contribution in [3.8, 4) is 0 Å². The summed E-state index contributed by atoms with van der Waals surface area (Å²) >= 11 is 12.0. The molecule has 0 radical (unpaired) electrons. The lowest BCUT2D eigenvalue weighted by Crippen LogP contribution is -2.22. The van der Waals surface area contributed by atoms with Gasteiger partial charge in [0.2, 0.25) is 0 Å². The van der Waals surface area contributed by atoms with Crippen LogP contribution in [0, 0.1) is 0 Å². The number of benzene rings is 1. The predicted molar refractivity (Wildman–Crippen MR) is 74.8 cm³/mol. The molecule has 1 unspecified atom stereocenters. The smallest absolute Gasteiger partial charge is 0.0595 e. The van der Waals surface area contributed by atoms with Crippen molar-refractivity contribution in [2.45, 2.75) is 32.2 Å². The number of hydrogen-bond donors (Lipinski definition) is 1. The first-order chi connectivity index (χ1) is 8.22. The Hall–Kier alpha value is -0.500. The summed E-state index contributed by atoms with van der Waals surface area (Å²) in [5.41, 5.74) is 2.68. The largest absolute Gasteiger partial charge is 0.307 e. The minimum atomic E-state index is 0.289. The van der Waals surface area contributed by atoms with Gasteiger partial charge in [-0.3, -0.25) is 0 Å². The number of rotatable bonds is 4. The highest BCUT2D eigenvalue weighted by Crippen LogP contribution is 2.33. The molecule has 1 nitrogen and oxygen atoms in total. The van der Waals surface area contributed by atoms with Crippen LogP contribution in [0.25, 0.3) is 0 Å². The monoisotopic (exact) mass is 269 g/mol. The number of halogens is 2. The van der Waals surface area contributed by atoms with E-state index in [1.54, 1.807) is 0 Å². The molecule has 3 heteroatoms. The van der Waals surface area contributed by atoms with Crippen LogP contribution in [-0.4, -0.2) is 6.54 Å². The van der Waals surface area contributed by atoms with Crippen molar-refractivity contribution < 1.29 is 0 Å². The third-order valence-corrected chi connectivity index (χ3v) is 3.87. The van der Waals surface area contributed by atoms with Crippen molar-refractivity contribution in [3.63, 3.8) is 0 Å². The third kappa shape index (κ3) is 3.04. The molecule has 1 aliphatic rings. The maximum absolute atomic E-state index is 6.09. The number of allylic oxidation sites excluding steroid dienone is 1.